The van der Waals surface area contributed by atoms with E-state index in [1.807, 2.05) is 0 Å². The van der Waals surface area contributed by atoms with E-state index >= 15 is 0 Å². The highest BCUT2D eigenvalue weighted by Crippen LogP contribution is 2.38. The summed E-state index contributed by atoms with van der Waals surface area (Å²) in [6, 6.07) is 4.21. The standard InChI is InChI=1S/C10H8BrClS2/c1-13-9-5-14-8-3-2-7(11)6(4-12)10(8)9/h2-3,5H,4H2,1H3. The first-order valence-electron chi connectivity index (χ1n) is 4.06. The van der Waals surface area contributed by atoms with Crippen LogP contribution in [0.15, 0.2) is 26.9 Å². The van der Waals surface area contributed by atoms with Crippen molar-refractivity contribution in [2.24, 2.45) is 0 Å². The molecule has 0 N–H and O–H groups in total. The van der Waals surface area contributed by atoms with E-state index < -0.39 is 0 Å². The lowest BCUT2D eigenvalue weighted by Crippen LogP contribution is -1.82. The molecule has 74 valence electrons. The van der Waals surface area contributed by atoms with Crippen molar-refractivity contribution >= 4 is 60.7 Å². The third-order valence-electron chi connectivity index (χ3n) is 2.11. The number of thiophene rings is 1. The number of thioether (sulfide) groups is 1. The summed E-state index contributed by atoms with van der Waals surface area (Å²) in [6.45, 7) is 0. The molecule has 0 fully saturated rings. The number of fused-ring (bicyclic) bond motifs is 1. The minimum atomic E-state index is 0.558. The summed E-state index contributed by atoms with van der Waals surface area (Å²) in [7, 11) is 0. The van der Waals surface area contributed by atoms with E-state index in [9.17, 15) is 0 Å². The molecule has 0 nitrogen and oxygen atoms in total. The SMILES string of the molecule is CSc1csc2ccc(Br)c(CCl)c12. The molecule has 0 saturated carbocycles. The van der Waals surface area contributed by atoms with Gasteiger partial charge in [-0.1, -0.05) is 15.9 Å². The first-order chi connectivity index (χ1) is 6.77. The summed E-state index contributed by atoms with van der Waals surface area (Å²) in [5, 5.41) is 3.50. The summed E-state index contributed by atoms with van der Waals surface area (Å²) in [5.41, 5.74) is 1.20. The van der Waals surface area contributed by atoms with Gasteiger partial charge in [0.05, 0.1) is 0 Å². The molecule has 2 rings (SSSR count). The lowest BCUT2D eigenvalue weighted by Gasteiger charge is -2.04. The minimum absolute atomic E-state index is 0.558. The van der Waals surface area contributed by atoms with Crippen molar-refractivity contribution in [3.63, 3.8) is 0 Å². The van der Waals surface area contributed by atoms with Gasteiger partial charge in [-0.15, -0.1) is 34.7 Å². The van der Waals surface area contributed by atoms with Crippen LogP contribution in [0.5, 0.6) is 0 Å². The Labute approximate surface area is 105 Å². The Morgan fingerprint density at radius 2 is 2.29 bits per heavy atom. The van der Waals surface area contributed by atoms with Gasteiger partial charge in [0.15, 0.2) is 0 Å². The molecule has 1 aromatic carbocycles. The quantitative estimate of drug-likeness (QED) is 0.548. The van der Waals surface area contributed by atoms with E-state index in [-0.39, 0.29) is 0 Å². The van der Waals surface area contributed by atoms with Gasteiger partial charge in [-0.3, -0.25) is 0 Å². The monoisotopic (exact) mass is 306 g/mol. The van der Waals surface area contributed by atoms with Gasteiger partial charge in [-0.25, -0.2) is 0 Å². The van der Waals surface area contributed by atoms with E-state index in [4.69, 9.17) is 11.6 Å². The van der Waals surface area contributed by atoms with Crippen molar-refractivity contribution in [1.29, 1.82) is 0 Å². The Bertz CT molecular complexity index is 464. The number of benzene rings is 1. The summed E-state index contributed by atoms with van der Waals surface area (Å²) >= 11 is 13.0. The molecule has 0 unspecified atom stereocenters. The van der Waals surface area contributed by atoms with Crippen molar-refractivity contribution in [2.75, 3.05) is 6.26 Å². The van der Waals surface area contributed by atoms with Crippen LogP contribution < -0.4 is 0 Å². The van der Waals surface area contributed by atoms with Gasteiger partial charge in [0, 0.05) is 30.7 Å². The Balaban J connectivity index is 2.81. The lowest BCUT2D eigenvalue weighted by molar-refractivity contribution is 1.40. The van der Waals surface area contributed by atoms with Crippen LogP contribution in [0.1, 0.15) is 5.56 Å². The number of rotatable bonds is 2. The van der Waals surface area contributed by atoms with Crippen molar-refractivity contribution < 1.29 is 0 Å². The number of alkyl halides is 1. The third kappa shape index (κ3) is 1.71. The van der Waals surface area contributed by atoms with Crippen LogP contribution in [0.3, 0.4) is 0 Å². The average molecular weight is 308 g/mol. The molecular weight excluding hydrogens is 300 g/mol. The van der Waals surface area contributed by atoms with E-state index in [1.54, 1.807) is 23.1 Å². The Morgan fingerprint density at radius 3 is 2.93 bits per heavy atom. The first-order valence-corrected chi connectivity index (χ1v) is 7.49. The second-order valence-electron chi connectivity index (χ2n) is 2.84. The fourth-order valence-corrected chi connectivity index (χ4v) is 4.22. The highest BCUT2D eigenvalue weighted by atomic mass is 79.9. The van der Waals surface area contributed by atoms with E-state index in [2.05, 4.69) is 39.7 Å². The summed E-state index contributed by atoms with van der Waals surface area (Å²) in [5.74, 6) is 0.558. The lowest BCUT2D eigenvalue weighted by atomic mass is 10.1. The Hall–Kier alpha value is 0.300. The Morgan fingerprint density at radius 1 is 1.50 bits per heavy atom. The molecule has 0 amide bonds. The fourth-order valence-electron chi connectivity index (χ4n) is 1.43. The maximum absolute atomic E-state index is 5.96. The average Bonchev–Trinajstić information content (AvgIpc) is 2.61. The molecule has 1 aromatic heterocycles. The van der Waals surface area contributed by atoms with Crippen molar-refractivity contribution in [1.82, 2.24) is 0 Å². The molecule has 0 spiro atoms. The van der Waals surface area contributed by atoms with Gasteiger partial charge in [0.1, 0.15) is 0 Å². The van der Waals surface area contributed by atoms with Crippen LogP contribution in [-0.2, 0) is 5.88 Å². The topological polar surface area (TPSA) is 0 Å². The molecule has 0 aliphatic carbocycles. The van der Waals surface area contributed by atoms with Crippen molar-refractivity contribution in [3.05, 3.63) is 27.5 Å². The maximum atomic E-state index is 5.96. The molecule has 0 radical (unpaired) electrons. The molecule has 14 heavy (non-hydrogen) atoms. The highest BCUT2D eigenvalue weighted by Gasteiger charge is 2.10. The Kier molecular flexibility index (Phi) is 3.42. The smallest absolute Gasteiger partial charge is 0.0492 e. The van der Waals surface area contributed by atoms with Gasteiger partial charge in [-0.05, 0) is 24.0 Å². The van der Waals surface area contributed by atoms with Crippen LogP contribution in [0.4, 0.5) is 0 Å². The van der Waals surface area contributed by atoms with Gasteiger partial charge >= 0.3 is 0 Å². The highest BCUT2D eigenvalue weighted by molar-refractivity contribution is 9.10. The zero-order valence-corrected chi connectivity index (χ0v) is 11.5. The zero-order chi connectivity index (χ0) is 10.1. The third-order valence-corrected chi connectivity index (χ3v) is 4.98. The molecule has 1 heterocycles. The molecule has 0 bridgehead atoms. The number of hydrogen-bond acceptors (Lipinski definition) is 2. The molecule has 0 atom stereocenters. The second-order valence-corrected chi connectivity index (χ2v) is 5.72. The van der Waals surface area contributed by atoms with Gasteiger partial charge in [0.2, 0.25) is 0 Å². The molecule has 4 heteroatoms. The van der Waals surface area contributed by atoms with Crippen LogP contribution >= 0.6 is 50.6 Å². The molecule has 2 aromatic rings. The van der Waals surface area contributed by atoms with Crippen molar-refractivity contribution in [2.45, 2.75) is 10.8 Å². The molecule has 0 aliphatic rings. The largest absolute Gasteiger partial charge is 0.143 e. The second kappa shape index (κ2) is 4.44. The number of hydrogen-bond donors (Lipinski definition) is 0. The molecule has 0 aliphatic heterocycles. The van der Waals surface area contributed by atoms with Gasteiger partial charge in [0.25, 0.3) is 0 Å². The first kappa shape index (κ1) is 10.8. The van der Waals surface area contributed by atoms with E-state index in [0.717, 1.165) is 4.47 Å². The minimum Gasteiger partial charge on any atom is -0.143 e. The maximum Gasteiger partial charge on any atom is 0.0492 e. The van der Waals surface area contributed by atoms with E-state index in [0.29, 0.717) is 5.88 Å². The van der Waals surface area contributed by atoms with Crippen LogP contribution in [-0.4, -0.2) is 6.26 Å². The van der Waals surface area contributed by atoms with E-state index in [1.165, 1.54) is 20.5 Å². The zero-order valence-electron chi connectivity index (χ0n) is 7.51. The number of halogens is 2. The molecule has 0 saturated heterocycles. The van der Waals surface area contributed by atoms with Gasteiger partial charge < -0.3 is 0 Å². The molecular formula is C10H8BrClS2. The predicted octanol–water partition coefficient (Wildman–Crippen LogP) is 5.12. The predicted molar refractivity (Wildman–Crippen MR) is 70.9 cm³/mol. The summed E-state index contributed by atoms with van der Waals surface area (Å²) in [4.78, 5) is 1.32. The van der Waals surface area contributed by atoms with Crippen molar-refractivity contribution in [3.8, 4) is 0 Å². The summed E-state index contributed by atoms with van der Waals surface area (Å²) in [6.07, 6.45) is 2.10. The van der Waals surface area contributed by atoms with Crippen LogP contribution in [0, 0.1) is 0 Å². The van der Waals surface area contributed by atoms with Crippen LogP contribution in [0.2, 0.25) is 0 Å². The van der Waals surface area contributed by atoms with Gasteiger partial charge in [-0.2, -0.15) is 0 Å². The summed E-state index contributed by atoms with van der Waals surface area (Å²) < 4.78 is 2.42. The van der Waals surface area contributed by atoms with Crippen LogP contribution in [0.25, 0.3) is 10.1 Å². The fraction of sp³-hybridized carbons (Fsp3) is 0.200. The normalized spacial score (nSPS) is 11.1.